The average molecular weight is 314 g/mol. The first-order valence-corrected chi connectivity index (χ1v) is 8.91. The van der Waals surface area contributed by atoms with Crippen molar-refractivity contribution in [2.75, 3.05) is 5.75 Å². The smallest absolute Gasteiger partial charge is 0.230 e. The second-order valence-corrected chi connectivity index (χ2v) is 7.08. The van der Waals surface area contributed by atoms with Crippen molar-refractivity contribution in [3.8, 4) is 0 Å². The van der Waals surface area contributed by atoms with E-state index in [1.165, 1.54) is 41.1 Å². The molecule has 1 aromatic carbocycles. The fourth-order valence-corrected chi connectivity index (χ4v) is 3.86. The molecule has 0 saturated heterocycles. The highest BCUT2D eigenvalue weighted by Gasteiger charge is 2.17. The Balaban J connectivity index is 1.68. The Hall–Kier alpha value is -1.55. The van der Waals surface area contributed by atoms with Crippen molar-refractivity contribution in [3.63, 3.8) is 0 Å². The number of pyridine rings is 1. The second-order valence-electron chi connectivity index (χ2n) is 6.09. The number of carbonyl (C=O) groups excluding carboxylic acids is 1. The van der Waals surface area contributed by atoms with Gasteiger partial charge in [-0.3, -0.25) is 4.79 Å². The molecule has 1 aliphatic rings. The fourth-order valence-electron chi connectivity index (χ4n) is 3.08. The van der Waals surface area contributed by atoms with Gasteiger partial charge in [0.25, 0.3) is 0 Å². The Morgan fingerprint density at radius 3 is 2.82 bits per heavy atom. The number of para-hydroxylation sites is 1. The zero-order valence-electron chi connectivity index (χ0n) is 13.2. The predicted octanol–water partition coefficient (Wildman–Crippen LogP) is 4.00. The van der Waals surface area contributed by atoms with Crippen LogP contribution in [0, 0.1) is 13.8 Å². The van der Waals surface area contributed by atoms with Gasteiger partial charge in [-0.1, -0.05) is 42.8 Å². The quantitative estimate of drug-likeness (QED) is 0.867. The number of nitrogens with one attached hydrogen (secondary N) is 1. The minimum Gasteiger partial charge on any atom is -0.353 e. The summed E-state index contributed by atoms with van der Waals surface area (Å²) in [4.78, 5) is 16.8. The van der Waals surface area contributed by atoms with Crippen molar-refractivity contribution in [3.05, 3.63) is 35.4 Å². The molecule has 0 aliphatic heterocycles. The molecule has 0 bridgehead atoms. The average Bonchev–Trinajstić information content (AvgIpc) is 2.99. The maximum atomic E-state index is 12.0. The molecule has 4 heteroatoms. The maximum Gasteiger partial charge on any atom is 0.230 e. The van der Waals surface area contributed by atoms with E-state index in [1.807, 2.05) is 0 Å². The van der Waals surface area contributed by atoms with Gasteiger partial charge in [-0.15, -0.1) is 0 Å². The molecule has 3 rings (SSSR count). The van der Waals surface area contributed by atoms with Crippen molar-refractivity contribution in [2.45, 2.75) is 50.6 Å². The summed E-state index contributed by atoms with van der Waals surface area (Å²) < 4.78 is 0. The van der Waals surface area contributed by atoms with Crippen molar-refractivity contribution in [1.29, 1.82) is 0 Å². The number of nitrogens with zero attached hydrogens (tertiary/aromatic N) is 1. The molecular formula is C18H22N2OS. The molecule has 2 aromatic rings. The predicted molar refractivity (Wildman–Crippen MR) is 92.3 cm³/mol. The van der Waals surface area contributed by atoms with E-state index in [1.54, 1.807) is 0 Å². The minimum atomic E-state index is 0.126. The highest BCUT2D eigenvalue weighted by atomic mass is 32.2. The lowest BCUT2D eigenvalue weighted by atomic mass is 10.1. The molecule has 1 aliphatic carbocycles. The van der Waals surface area contributed by atoms with Gasteiger partial charge < -0.3 is 5.32 Å². The van der Waals surface area contributed by atoms with Crippen molar-refractivity contribution < 1.29 is 4.79 Å². The highest BCUT2D eigenvalue weighted by Crippen LogP contribution is 2.25. The Labute approximate surface area is 135 Å². The number of amides is 1. The van der Waals surface area contributed by atoms with Crippen molar-refractivity contribution in [1.82, 2.24) is 10.3 Å². The van der Waals surface area contributed by atoms with Crippen LogP contribution in [0.15, 0.2) is 29.3 Å². The Morgan fingerprint density at radius 2 is 2.05 bits per heavy atom. The molecule has 116 valence electrons. The van der Waals surface area contributed by atoms with Crippen LogP contribution in [-0.2, 0) is 4.79 Å². The van der Waals surface area contributed by atoms with Crippen LogP contribution in [0.25, 0.3) is 10.9 Å². The molecule has 1 fully saturated rings. The van der Waals surface area contributed by atoms with Gasteiger partial charge in [0.05, 0.1) is 16.3 Å². The van der Waals surface area contributed by atoms with Gasteiger partial charge in [-0.05, 0) is 43.9 Å². The van der Waals surface area contributed by atoms with E-state index in [2.05, 4.69) is 43.4 Å². The second kappa shape index (κ2) is 6.69. The lowest BCUT2D eigenvalue weighted by Crippen LogP contribution is -2.33. The Bertz CT molecular complexity index is 693. The van der Waals surface area contributed by atoms with E-state index in [0.717, 1.165) is 23.4 Å². The zero-order valence-corrected chi connectivity index (χ0v) is 14.0. The Morgan fingerprint density at radius 1 is 1.27 bits per heavy atom. The number of aryl methyl sites for hydroxylation is 2. The molecule has 22 heavy (non-hydrogen) atoms. The van der Waals surface area contributed by atoms with Gasteiger partial charge >= 0.3 is 0 Å². The molecule has 0 atom stereocenters. The summed E-state index contributed by atoms with van der Waals surface area (Å²) in [6.07, 6.45) is 4.73. The third kappa shape index (κ3) is 3.43. The molecular weight excluding hydrogens is 292 g/mol. The van der Waals surface area contributed by atoms with E-state index < -0.39 is 0 Å². The standard InChI is InChI=1S/C18H22N2OS/c1-12-6-5-9-15-13(2)10-17(20-18(12)15)22-11-16(21)19-14-7-3-4-8-14/h5-6,9-10,14H,3-4,7-8,11H2,1-2H3,(H,19,21). The number of thioether (sulfide) groups is 1. The van der Waals surface area contributed by atoms with Gasteiger partial charge in [0, 0.05) is 11.4 Å². The van der Waals surface area contributed by atoms with Gasteiger partial charge in [-0.25, -0.2) is 4.98 Å². The normalized spacial score (nSPS) is 15.4. The number of carbonyl (C=O) groups is 1. The summed E-state index contributed by atoms with van der Waals surface area (Å²) >= 11 is 1.53. The first kappa shape index (κ1) is 15.3. The third-order valence-electron chi connectivity index (χ3n) is 4.30. The molecule has 0 spiro atoms. The minimum absolute atomic E-state index is 0.126. The third-order valence-corrected chi connectivity index (χ3v) is 5.21. The highest BCUT2D eigenvalue weighted by molar-refractivity contribution is 7.99. The summed E-state index contributed by atoms with van der Waals surface area (Å²) in [5.41, 5.74) is 3.44. The summed E-state index contributed by atoms with van der Waals surface area (Å²) in [6.45, 7) is 4.18. The molecule has 1 saturated carbocycles. The number of hydrogen-bond donors (Lipinski definition) is 1. The number of hydrogen-bond acceptors (Lipinski definition) is 3. The van der Waals surface area contributed by atoms with Crippen LogP contribution in [0.3, 0.4) is 0 Å². The number of fused-ring (bicyclic) bond motifs is 1. The summed E-state index contributed by atoms with van der Waals surface area (Å²) in [5.74, 6) is 0.571. The number of benzene rings is 1. The van der Waals surface area contributed by atoms with E-state index in [-0.39, 0.29) is 5.91 Å². The number of aromatic nitrogens is 1. The molecule has 1 aromatic heterocycles. The van der Waals surface area contributed by atoms with Gasteiger partial charge in [0.1, 0.15) is 0 Å². The molecule has 1 N–H and O–H groups in total. The lowest BCUT2D eigenvalue weighted by molar-refractivity contribution is -0.119. The molecule has 1 amide bonds. The molecule has 3 nitrogen and oxygen atoms in total. The Kier molecular flexibility index (Phi) is 4.67. The summed E-state index contributed by atoms with van der Waals surface area (Å²) in [7, 11) is 0. The van der Waals surface area contributed by atoms with E-state index in [9.17, 15) is 4.79 Å². The van der Waals surface area contributed by atoms with Crippen molar-refractivity contribution in [2.24, 2.45) is 0 Å². The summed E-state index contributed by atoms with van der Waals surface area (Å²) in [6, 6.07) is 8.72. The maximum absolute atomic E-state index is 12.0. The van der Waals surface area contributed by atoms with Gasteiger partial charge in [0.2, 0.25) is 5.91 Å². The lowest BCUT2D eigenvalue weighted by Gasteiger charge is -2.12. The van der Waals surface area contributed by atoms with Crippen LogP contribution in [0.2, 0.25) is 0 Å². The monoisotopic (exact) mass is 314 g/mol. The van der Waals surface area contributed by atoms with Crippen LogP contribution in [-0.4, -0.2) is 22.7 Å². The van der Waals surface area contributed by atoms with Crippen LogP contribution in [0.4, 0.5) is 0 Å². The zero-order chi connectivity index (χ0) is 15.5. The largest absolute Gasteiger partial charge is 0.353 e. The van der Waals surface area contributed by atoms with E-state index in [4.69, 9.17) is 4.98 Å². The van der Waals surface area contributed by atoms with Crippen LogP contribution in [0.5, 0.6) is 0 Å². The van der Waals surface area contributed by atoms with Gasteiger partial charge in [0.15, 0.2) is 0 Å². The summed E-state index contributed by atoms with van der Waals surface area (Å²) in [5, 5.41) is 5.25. The molecule has 0 unspecified atom stereocenters. The van der Waals surface area contributed by atoms with Crippen molar-refractivity contribution >= 4 is 28.6 Å². The fraction of sp³-hybridized carbons (Fsp3) is 0.444. The molecule has 0 radical (unpaired) electrons. The van der Waals surface area contributed by atoms with E-state index >= 15 is 0 Å². The first-order valence-electron chi connectivity index (χ1n) is 7.92. The van der Waals surface area contributed by atoms with Crippen LogP contribution < -0.4 is 5.32 Å². The SMILES string of the molecule is Cc1cc(SCC(=O)NC2CCCC2)nc2c(C)cccc12. The first-order chi connectivity index (χ1) is 10.6. The van der Waals surface area contributed by atoms with Crippen LogP contribution in [0.1, 0.15) is 36.8 Å². The number of rotatable bonds is 4. The van der Waals surface area contributed by atoms with E-state index in [0.29, 0.717) is 11.8 Å². The molecule has 1 heterocycles. The van der Waals surface area contributed by atoms with Gasteiger partial charge in [-0.2, -0.15) is 0 Å². The topological polar surface area (TPSA) is 42.0 Å². The van der Waals surface area contributed by atoms with Crippen LogP contribution >= 0.6 is 11.8 Å².